The topological polar surface area (TPSA) is 173 Å². The number of hydrogen-bond acceptors (Lipinski definition) is 9. The molecular formula is C22H24N2O7S. The van der Waals surface area contributed by atoms with Crippen LogP contribution in [0.1, 0.15) is 25.3 Å². The van der Waals surface area contributed by atoms with Gasteiger partial charge >= 0.3 is 0 Å². The van der Waals surface area contributed by atoms with E-state index >= 15 is 0 Å². The zero-order chi connectivity index (χ0) is 23.5. The van der Waals surface area contributed by atoms with Crippen LogP contribution in [0.15, 0.2) is 33.9 Å². The van der Waals surface area contributed by atoms with Crippen molar-refractivity contribution in [2.24, 2.45) is 29.2 Å². The first-order valence-corrected chi connectivity index (χ1v) is 11.1. The van der Waals surface area contributed by atoms with E-state index in [1.54, 1.807) is 6.07 Å². The molecule has 1 aromatic carbocycles. The third kappa shape index (κ3) is 2.93. The van der Waals surface area contributed by atoms with Crippen molar-refractivity contribution in [1.82, 2.24) is 0 Å². The Morgan fingerprint density at radius 3 is 2.47 bits per heavy atom. The molecule has 0 aromatic heterocycles. The van der Waals surface area contributed by atoms with E-state index in [1.165, 1.54) is 24.9 Å². The SMILES string of the molecule is CCCC1C2Sc3c(OC)ccc(O)c3C(O)=C2C(=O)C2C(=O)C(C(N)=O)=C(O)[C@@H](N)C21. The summed E-state index contributed by atoms with van der Waals surface area (Å²) in [5.41, 5.74) is 10.9. The maximum Gasteiger partial charge on any atom is 0.255 e. The summed E-state index contributed by atoms with van der Waals surface area (Å²) in [7, 11) is 1.46. The predicted octanol–water partition coefficient (Wildman–Crippen LogP) is 1.58. The van der Waals surface area contributed by atoms with Gasteiger partial charge in [0.15, 0.2) is 11.6 Å². The summed E-state index contributed by atoms with van der Waals surface area (Å²) < 4.78 is 5.39. The van der Waals surface area contributed by atoms with Crippen molar-refractivity contribution in [2.75, 3.05) is 7.11 Å². The summed E-state index contributed by atoms with van der Waals surface area (Å²) in [6.45, 7) is 1.93. The Morgan fingerprint density at radius 1 is 1.19 bits per heavy atom. The molecule has 7 N–H and O–H groups in total. The summed E-state index contributed by atoms with van der Waals surface area (Å²) in [4.78, 5) is 39.0. The van der Waals surface area contributed by atoms with Gasteiger partial charge in [0, 0.05) is 11.2 Å². The van der Waals surface area contributed by atoms with Crippen LogP contribution in [0.25, 0.3) is 5.76 Å². The van der Waals surface area contributed by atoms with Crippen molar-refractivity contribution in [3.63, 3.8) is 0 Å². The molecular weight excluding hydrogens is 436 g/mol. The molecule has 4 rings (SSSR count). The summed E-state index contributed by atoms with van der Waals surface area (Å²) in [5, 5.41) is 31.4. The highest BCUT2D eigenvalue weighted by molar-refractivity contribution is 8.00. The number of fused-ring (bicyclic) bond motifs is 3. The Balaban J connectivity index is 1.97. The Hall–Kier alpha value is -2.98. The first-order valence-electron chi connectivity index (χ1n) is 10.2. The number of nitrogens with two attached hydrogens (primary N) is 2. The monoisotopic (exact) mass is 460 g/mol. The Bertz CT molecular complexity index is 1110. The van der Waals surface area contributed by atoms with Crippen molar-refractivity contribution in [3.05, 3.63) is 34.6 Å². The Labute approximate surface area is 188 Å². The summed E-state index contributed by atoms with van der Waals surface area (Å²) in [6, 6.07) is 1.77. The molecule has 1 fully saturated rings. The molecule has 170 valence electrons. The molecule has 9 nitrogen and oxygen atoms in total. The lowest BCUT2D eigenvalue weighted by Gasteiger charge is -2.48. The molecule has 5 atom stereocenters. The molecule has 32 heavy (non-hydrogen) atoms. The third-order valence-corrected chi connectivity index (χ3v) is 8.02. The van der Waals surface area contributed by atoms with Crippen molar-refractivity contribution in [1.29, 1.82) is 0 Å². The van der Waals surface area contributed by atoms with Gasteiger partial charge in [0.25, 0.3) is 5.91 Å². The molecule has 0 spiro atoms. The van der Waals surface area contributed by atoms with Gasteiger partial charge in [0.1, 0.15) is 28.6 Å². The second kappa shape index (κ2) is 7.86. The number of aliphatic hydroxyl groups excluding tert-OH is 2. The highest BCUT2D eigenvalue weighted by Gasteiger charge is 2.58. The second-order valence-corrected chi connectivity index (χ2v) is 9.33. The molecule has 0 bridgehead atoms. The smallest absolute Gasteiger partial charge is 0.255 e. The van der Waals surface area contributed by atoms with Crippen LogP contribution in [-0.4, -0.2) is 51.2 Å². The average molecular weight is 461 g/mol. The Kier molecular flexibility index (Phi) is 5.46. The number of amides is 1. The minimum atomic E-state index is -1.36. The van der Waals surface area contributed by atoms with Gasteiger partial charge in [-0.25, -0.2) is 0 Å². The molecule has 1 amide bonds. The highest BCUT2D eigenvalue weighted by Crippen LogP contribution is 2.57. The van der Waals surface area contributed by atoms with Crippen LogP contribution >= 0.6 is 11.8 Å². The molecule has 1 aromatic rings. The normalized spacial score (nSPS) is 29.4. The quantitative estimate of drug-likeness (QED) is 0.330. The lowest BCUT2D eigenvalue weighted by atomic mass is 9.59. The van der Waals surface area contributed by atoms with E-state index in [4.69, 9.17) is 16.2 Å². The lowest BCUT2D eigenvalue weighted by molar-refractivity contribution is -0.136. The number of carbonyl (C=O) groups excluding carboxylic acids is 3. The van der Waals surface area contributed by atoms with Gasteiger partial charge in [-0.15, -0.1) is 11.8 Å². The molecule has 1 heterocycles. The van der Waals surface area contributed by atoms with Crippen LogP contribution in [0.2, 0.25) is 0 Å². The van der Waals surface area contributed by atoms with Gasteiger partial charge < -0.3 is 31.5 Å². The number of carbonyl (C=O) groups is 3. The lowest BCUT2D eigenvalue weighted by Crippen LogP contribution is -2.58. The number of benzene rings is 1. The molecule has 2 aliphatic carbocycles. The van der Waals surface area contributed by atoms with Crippen LogP contribution in [0.3, 0.4) is 0 Å². The van der Waals surface area contributed by atoms with Crippen LogP contribution < -0.4 is 16.2 Å². The average Bonchev–Trinajstić information content (AvgIpc) is 2.73. The van der Waals surface area contributed by atoms with Crippen LogP contribution in [0, 0.1) is 17.8 Å². The van der Waals surface area contributed by atoms with Gasteiger partial charge in [-0.3, -0.25) is 14.4 Å². The molecule has 3 aliphatic rings. The van der Waals surface area contributed by atoms with Gasteiger partial charge in [-0.2, -0.15) is 0 Å². The third-order valence-electron chi connectivity index (χ3n) is 6.54. The fraction of sp³-hybridized carbons (Fsp3) is 0.409. The number of hydrogen-bond donors (Lipinski definition) is 5. The van der Waals surface area contributed by atoms with E-state index in [-0.39, 0.29) is 22.8 Å². The number of phenolic OH excluding ortho intramolecular Hbond substituents is 1. The minimum Gasteiger partial charge on any atom is -0.510 e. The van der Waals surface area contributed by atoms with E-state index in [0.717, 1.165) is 0 Å². The van der Waals surface area contributed by atoms with Crippen molar-refractivity contribution in [2.45, 2.75) is 36.0 Å². The van der Waals surface area contributed by atoms with Crippen LogP contribution in [-0.2, 0) is 14.4 Å². The van der Waals surface area contributed by atoms with E-state index in [9.17, 15) is 29.7 Å². The van der Waals surface area contributed by atoms with E-state index in [2.05, 4.69) is 0 Å². The maximum absolute atomic E-state index is 13.6. The molecule has 10 heteroatoms. The predicted molar refractivity (Wildman–Crippen MR) is 116 cm³/mol. The number of aromatic hydroxyl groups is 1. The number of thioether (sulfide) groups is 1. The van der Waals surface area contributed by atoms with Crippen molar-refractivity contribution >= 4 is 35.0 Å². The van der Waals surface area contributed by atoms with E-state index in [0.29, 0.717) is 23.5 Å². The zero-order valence-corrected chi connectivity index (χ0v) is 18.3. The number of primary amides is 1. The second-order valence-electron chi connectivity index (χ2n) is 8.18. The fourth-order valence-electron chi connectivity index (χ4n) is 5.19. The molecule has 0 saturated heterocycles. The highest BCUT2D eigenvalue weighted by atomic mass is 32.2. The molecule has 0 radical (unpaired) electrons. The molecule has 1 saturated carbocycles. The van der Waals surface area contributed by atoms with Crippen LogP contribution in [0.4, 0.5) is 0 Å². The summed E-state index contributed by atoms with van der Waals surface area (Å²) >= 11 is 1.25. The number of ketones is 2. The number of rotatable bonds is 4. The van der Waals surface area contributed by atoms with Gasteiger partial charge in [0.05, 0.1) is 35.1 Å². The minimum absolute atomic E-state index is 0.00323. The maximum atomic E-state index is 13.6. The van der Waals surface area contributed by atoms with Gasteiger partial charge in [-0.05, 0) is 24.5 Å². The fourth-order valence-corrected chi connectivity index (χ4v) is 6.87. The standard InChI is InChI=1S/C22H24N2O7S/c1-3-4-7-10-12(18(28)14(22(24)30)19(29)15(10)23)17(27)13-16(26)11-8(25)5-6-9(31-2)21(11)32-20(7)13/h5-7,10,12,15,20,25-26,29H,3-4,23H2,1-2H3,(H2,24,30)/t7?,10?,12?,15-,20?/m0/s1. The Morgan fingerprint density at radius 2 is 1.88 bits per heavy atom. The number of ether oxygens (including phenoxy) is 1. The van der Waals surface area contributed by atoms with E-state index in [1.807, 2.05) is 6.92 Å². The zero-order valence-electron chi connectivity index (χ0n) is 17.5. The summed E-state index contributed by atoms with van der Waals surface area (Å²) in [5.74, 6) is -6.11. The number of methoxy groups -OCH3 is 1. The first kappa shape index (κ1) is 22.2. The van der Waals surface area contributed by atoms with Crippen molar-refractivity contribution < 1.29 is 34.4 Å². The van der Waals surface area contributed by atoms with Crippen molar-refractivity contribution in [3.8, 4) is 11.5 Å². The van der Waals surface area contributed by atoms with Gasteiger partial charge in [-0.1, -0.05) is 13.3 Å². The van der Waals surface area contributed by atoms with Gasteiger partial charge in [0.2, 0.25) is 0 Å². The summed E-state index contributed by atoms with van der Waals surface area (Å²) in [6.07, 6.45) is 1.23. The number of Topliss-reactive ketones (excluding diaryl/α,β-unsaturated/α-hetero) is 2. The molecule has 4 unspecified atom stereocenters. The largest absolute Gasteiger partial charge is 0.510 e. The first-order chi connectivity index (χ1) is 15.1. The van der Waals surface area contributed by atoms with Crippen LogP contribution in [0.5, 0.6) is 11.5 Å². The van der Waals surface area contributed by atoms with E-state index < -0.39 is 57.7 Å². The molecule has 1 aliphatic heterocycles. The number of phenols is 1. The number of aliphatic hydroxyl groups is 2.